The summed E-state index contributed by atoms with van der Waals surface area (Å²) in [5, 5.41) is 0. The summed E-state index contributed by atoms with van der Waals surface area (Å²) < 4.78 is 5.42. The molecule has 0 saturated carbocycles. The second-order valence-electron chi connectivity index (χ2n) is 4.63. The lowest BCUT2D eigenvalue weighted by atomic mass is 10.0. The fraction of sp³-hybridized carbons (Fsp3) is 0.0556. The first-order chi connectivity index (χ1) is 10.3. The van der Waals surface area contributed by atoms with Crippen LogP contribution in [0.1, 0.15) is 10.6 Å². The molecule has 104 valence electrons. The average molecular weight is 294 g/mol. The lowest BCUT2D eigenvalue weighted by molar-refractivity contribution is 0.110. The van der Waals surface area contributed by atoms with Crippen LogP contribution in [0.5, 0.6) is 0 Å². The second-order valence-corrected chi connectivity index (χ2v) is 5.51. The van der Waals surface area contributed by atoms with Gasteiger partial charge in [-0.25, -0.2) is 0 Å². The smallest absolute Gasteiger partial charge is 0.185 e. The van der Waals surface area contributed by atoms with Gasteiger partial charge in [-0.2, -0.15) is 0 Å². The lowest BCUT2D eigenvalue weighted by Crippen LogP contribution is -1.79. The number of benzene rings is 2. The van der Waals surface area contributed by atoms with Crippen molar-refractivity contribution in [3.8, 4) is 22.5 Å². The van der Waals surface area contributed by atoms with Crippen molar-refractivity contribution in [3.63, 3.8) is 0 Å². The number of rotatable bonds is 4. The molecule has 21 heavy (non-hydrogen) atoms. The minimum atomic E-state index is 0.349. The van der Waals surface area contributed by atoms with Gasteiger partial charge in [-0.15, -0.1) is 11.8 Å². The molecule has 0 unspecified atom stereocenters. The van der Waals surface area contributed by atoms with Crippen LogP contribution in [0.2, 0.25) is 0 Å². The van der Waals surface area contributed by atoms with Crippen molar-refractivity contribution in [1.82, 2.24) is 0 Å². The topological polar surface area (TPSA) is 30.2 Å². The number of hydrogen-bond donors (Lipinski definition) is 0. The largest absolute Gasteiger partial charge is 0.453 e. The number of carbonyl (C=O) groups is 1. The third kappa shape index (κ3) is 2.93. The van der Waals surface area contributed by atoms with E-state index < -0.39 is 0 Å². The van der Waals surface area contributed by atoms with Gasteiger partial charge in [0.2, 0.25) is 0 Å². The molecule has 0 atom stereocenters. The molecule has 0 N–H and O–H groups in total. The average Bonchev–Trinajstić information content (AvgIpc) is 3.04. The molecule has 0 amide bonds. The van der Waals surface area contributed by atoms with Crippen molar-refractivity contribution in [1.29, 1.82) is 0 Å². The Bertz CT molecular complexity index is 740. The number of carbonyl (C=O) groups excluding carboxylic acids is 1. The van der Waals surface area contributed by atoms with E-state index in [-0.39, 0.29) is 0 Å². The van der Waals surface area contributed by atoms with E-state index in [1.807, 2.05) is 18.2 Å². The van der Waals surface area contributed by atoms with Crippen LogP contribution in [0.4, 0.5) is 0 Å². The summed E-state index contributed by atoms with van der Waals surface area (Å²) in [6, 6.07) is 20.1. The molecule has 1 heterocycles. The summed E-state index contributed by atoms with van der Waals surface area (Å²) in [6.45, 7) is 0. The summed E-state index contributed by atoms with van der Waals surface area (Å²) in [5.41, 5.74) is 3.31. The number of aldehydes is 1. The van der Waals surface area contributed by atoms with Crippen molar-refractivity contribution in [2.24, 2.45) is 0 Å². The molecule has 0 bridgehead atoms. The van der Waals surface area contributed by atoms with Crippen LogP contribution in [0.25, 0.3) is 22.5 Å². The molecule has 0 aliphatic rings. The van der Waals surface area contributed by atoms with E-state index in [9.17, 15) is 4.79 Å². The summed E-state index contributed by atoms with van der Waals surface area (Å²) >= 11 is 1.74. The van der Waals surface area contributed by atoms with E-state index >= 15 is 0 Å². The van der Waals surface area contributed by atoms with Crippen LogP contribution in [0.15, 0.2) is 70.0 Å². The Hall–Kier alpha value is -2.26. The molecule has 0 saturated heterocycles. The van der Waals surface area contributed by atoms with Gasteiger partial charge in [0.1, 0.15) is 5.76 Å². The van der Waals surface area contributed by atoms with E-state index in [2.05, 4.69) is 42.7 Å². The Kier molecular flexibility index (Phi) is 3.93. The van der Waals surface area contributed by atoms with Gasteiger partial charge in [0.05, 0.1) is 0 Å². The SMILES string of the molecule is CSc1ccc(-c2ccc(-c3ccc(C=O)o3)cc2)cc1. The van der Waals surface area contributed by atoms with Gasteiger partial charge in [-0.3, -0.25) is 4.79 Å². The highest BCUT2D eigenvalue weighted by Crippen LogP contribution is 2.27. The molecule has 0 fully saturated rings. The molecule has 2 nitrogen and oxygen atoms in total. The Morgan fingerprint density at radius 3 is 1.90 bits per heavy atom. The van der Waals surface area contributed by atoms with Gasteiger partial charge < -0.3 is 4.42 Å². The Morgan fingerprint density at radius 2 is 1.38 bits per heavy atom. The standard InChI is InChI=1S/C18H14O2S/c1-21-17-9-6-14(7-10-17)13-2-4-15(5-3-13)18-11-8-16(12-19)20-18/h2-12H,1H3. The van der Waals surface area contributed by atoms with Crippen molar-refractivity contribution < 1.29 is 9.21 Å². The summed E-state index contributed by atoms with van der Waals surface area (Å²) in [6.07, 6.45) is 2.78. The predicted octanol–water partition coefficient (Wildman–Crippen LogP) is 5.15. The van der Waals surface area contributed by atoms with E-state index in [4.69, 9.17) is 4.42 Å². The third-order valence-electron chi connectivity index (χ3n) is 3.34. The number of thioether (sulfide) groups is 1. The molecular weight excluding hydrogens is 280 g/mol. The first-order valence-electron chi connectivity index (χ1n) is 6.60. The molecular formula is C18H14O2S. The maximum atomic E-state index is 10.6. The summed E-state index contributed by atoms with van der Waals surface area (Å²) in [4.78, 5) is 11.9. The zero-order valence-electron chi connectivity index (χ0n) is 11.6. The second kappa shape index (κ2) is 6.02. The van der Waals surface area contributed by atoms with E-state index in [1.165, 1.54) is 10.5 Å². The Morgan fingerprint density at radius 1 is 0.810 bits per heavy atom. The zero-order valence-corrected chi connectivity index (χ0v) is 12.4. The third-order valence-corrected chi connectivity index (χ3v) is 4.08. The molecule has 0 aliphatic heterocycles. The number of hydrogen-bond acceptors (Lipinski definition) is 3. The van der Waals surface area contributed by atoms with E-state index in [0.717, 1.165) is 11.1 Å². The molecule has 3 heteroatoms. The van der Waals surface area contributed by atoms with Crippen LogP contribution in [0.3, 0.4) is 0 Å². The number of furan rings is 1. The Balaban J connectivity index is 1.87. The first-order valence-corrected chi connectivity index (χ1v) is 7.82. The maximum Gasteiger partial charge on any atom is 0.185 e. The van der Waals surface area contributed by atoms with Crippen molar-refractivity contribution in [3.05, 3.63) is 66.4 Å². The fourth-order valence-electron chi connectivity index (χ4n) is 2.18. The van der Waals surface area contributed by atoms with Crippen LogP contribution >= 0.6 is 11.8 Å². The molecule has 0 radical (unpaired) electrons. The highest BCUT2D eigenvalue weighted by Gasteiger charge is 2.05. The van der Waals surface area contributed by atoms with Gasteiger partial charge >= 0.3 is 0 Å². The summed E-state index contributed by atoms with van der Waals surface area (Å²) in [7, 11) is 0. The van der Waals surface area contributed by atoms with Gasteiger partial charge in [0.15, 0.2) is 12.0 Å². The van der Waals surface area contributed by atoms with Gasteiger partial charge in [0, 0.05) is 10.5 Å². The minimum Gasteiger partial charge on any atom is -0.453 e. The lowest BCUT2D eigenvalue weighted by Gasteiger charge is -2.04. The van der Waals surface area contributed by atoms with Crippen LogP contribution in [0, 0.1) is 0 Å². The minimum absolute atomic E-state index is 0.349. The first kappa shape index (κ1) is 13.7. The monoisotopic (exact) mass is 294 g/mol. The maximum absolute atomic E-state index is 10.6. The fourth-order valence-corrected chi connectivity index (χ4v) is 2.59. The van der Waals surface area contributed by atoms with Crippen molar-refractivity contribution in [2.75, 3.05) is 6.26 Å². The predicted molar refractivity (Wildman–Crippen MR) is 86.7 cm³/mol. The molecule has 0 spiro atoms. The highest BCUT2D eigenvalue weighted by atomic mass is 32.2. The summed E-state index contributed by atoms with van der Waals surface area (Å²) in [5.74, 6) is 1.06. The van der Waals surface area contributed by atoms with E-state index in [1.54, 1.807) is 17.8 Å². The van der Waals surface area contributed by atoms with Crippen molar-refractivity contribution in [2.45, 2.75) is 4.90 Å². The van der Waals surface area contributed by atoms with Crippen LogP contribution in [-0.4, -0.2) is 12.5 Å². The Labute approximate surface area is 127 Å². The molecule has 2 aromatic carbocycles. The molecule has 0 aliphatic carbocycles. The van der Waals surface area contributed by atoms with Crippen LogP contribution in [-0.2, 0) is 0 Å². The van der Waals surface area contributed by atoms with Crippen LogP contribution < -0.4 is 0 Å². The molecule has 3 rings (SSSR count). The van der Waals surface area contributed by atoms with E-state index in [0.29, 0.717) is 17.8 Å². The van der Waals surface area contributed by atoms with Gasteiger partial charge in [0.25, 0.3) is 0 Å². The zero-order chi connectivity index (χ0) is 14.7. The quantitative estimate of drug-likeness (QED) is 0.492. The van der Waals surface area contributed by atoms with Gasteiger partial charge in [-0.05, 0) is 41.6 Å². The molecule has 1 aromatic heterocycles. The van der Waals surface area contributed by atoms with Gasteiger partial charge in [-0.1, -0.05) is 36.4 Å². The highest BCUT2D eigenvalue weighted by molar-refractivity contribution is 7.98. The molecule has 3 aromatic rings. The van der Waals surface area contributed by atoms with Crippen molar-refractivity contribution >= 4 is 18.0 Å². The normalized spacial score (nSPS) is 10.5.